The first-order chi connectivity index (χ1) is 11.3. The Morgan fingerprint density at radius 3 is 3.04 bits per heavy atom. The number of hydrogen-bond acceptors (Lipinski definition) is 8. The summed E-state index contributed by atoms with van der Waals surface area (Å²) in [7, 11) is 1.66. The number of hydrogen-bond donors (Lipinski definition) is 1. The van der Waals surface area contributed by atoms with Crippen molar-refractivity contribution >= 4 is 33.9 Å². The maximum Gasteiger partial charge on any atom is 0.210 e. The number of nitrogens with zero attached hydrogens (tertiary/aromatic N) is 3. The monoisotopic (exact) mass is 352 g/mol. The van der Waals surface area contributed by atoms with Gasteiger partial charge in [-0.2, -0.15) is 0 Å². The van der Waals surface area contributed by atoms with Crippen molar-refractivity contribution in [3.63, 3.8) is 0 Å². The molecule has 2 aromatic rings. The van der Waals surface area contributed by atoms with E-state index in [4.69, 9.17) is 9.47 Å². The molecule has 1 aromatic carbocycles. The lowest BCUT2D eigenvalue weighted by Crippen LogP contribution is -2.37. The van der Waals surface area contributed by atoms with Crippen LogP contribution in [0.5, 0.6) is 5.75 Å². The van der Waals surface area contributed by atoms with Gasteiger partial charge in [0.25, 0.3) is 0 Å². The van der Waals surface area contributed by atoms with E-state index in [1.807, 2.05) is 24.3 Å². The van der Waals surface area contributed by atoms with Crippen molar-refractivity contribution in [2.45, 2.75) is 4.34 Å². The van der Waals surface area contributed by atoms with Gasteiger partial charge in [0.2, 0.25) is 5.13 Å². The second-order valence-electron chi connectivity index (χ2n) is 5.03. The maximum atomic E-state index is 5.35. The summed E-state index contributed by atoms with van der Waals surface area (Å²) in [6, 6.07) is 7.78. The summed E-state index contributed by atoms with van der Waals surface area (Å²) in [5, 5.41) is 12.5. The quantitative estimate of drug-likeness (QED) is 0.769. The molecule has 0 aliphatic carbocycles. The second kappa shape index (κ2) is 8.49. The molecule has 0 atom stereocenters. The van der Waals surface area contributed by atoms with E-state index in [1.54, 1.807) is 30.2 Å². The molecular weight excluding hydrogens is 332 g/mol. The Morgan fingerprint density at radius 2 is 2.22 bits per heavy atom. The molecule has 1 aliphatic rings. The molecule has 0 unspecified atom stereocenters. The topological polar surface area (TPSA) is 59.5 Å². The smallest absolute Gasteiger partial charge is 0.210 e. The molecule has 1 aliphatic heterocycles. The highest BCUT2D eigenvalue weighted by Crippen LogP contribution is 2.28. The van der Waals surface area contributed by atoms with E-state index in [0.717, 1.165) is 59.5 Å². The largest absolute Gasteiger partial charge is 0.497 e. The van der Waals surface area contributed by atoms with Gasteiger partial charge in [-0.1, -0.05) is 29.2 Å². The van der Waals surface area contributed by atoms with Crippen molar-refractivity contribution in [3.05, 3.63) is 24.3 Å². The summed E-state index contributed by atoms with van der Waals surface area (Å²) in [6.45, 7) is 4.81. The van der Waals surface area contributed by atoms with Crippen molar-refractivity contribution in [1.82, 2.24) is 15.1 Å². The standard InChI is InChI=1S/C15H20N4O2S2/c1-20-13-4-2-3-12(11-13)16-14-17-18-15(23-14)22-10-7-19-5-8-21-9-6-19/h2-4,11H,5-10H2,1H3,(H,16,17). The number of nitrogens with one attached hydrogen (secondary N) is 1. The van der Waals surface area contributed by atoms with E-state index in [9.17, 15) is 0 Å². The molecule has 6 nitrogen and oxygen atoms in total. The Hall–Kier alpha value is -1.35. The molecule has 124 valence electrons. The molecule has 1 saturated heterocycles. The molecule has 1 aromatic heterocycles. The number of methoxy groups -OCH3 is 1. The first kappa shape index (κ1) is 16.5. The zero-order valence-corrected chi connectivity index (χ0v) is 14.7. The summed E-state index contributed by atoms with van der Waals surface area (Å²) in [5.41, 5.74) is 0.949. The van der Waals surface area contributed by atoms with Crippen molar-refractivity contribution in [3.8, 4) is 5.75 Å². The molecule has 0 bridgehead atoms. The molecule has 8 heteroatoms. The van der Waals surface area contributed by atoms with Crippen LogP contribution in [0.4, 0.5) is 10.8 Å². The predicted octanol–water partition coefficient (Wildman–Crippen LogP) is 2.71. The van der Waals surface area contributed by atoms with Gasteiger partial charge >= 0.3 is 0 Å². The zero-order valence-electron chi connectivity index (χ0n) is 13.0. The van der Waals surface area contributed by atoms with Crippen LogP contribution in [0.1, 0.15) is 0 Å². The minimum Gasteiger partial charge on any atom is -0.497 e. The van der Waals surface area contributed by atoms with Gasteiger partial charge in [0.15, 0.2) is 4.34 Å². The highest BCUT2D eigenvalue weighted by molar-refractivity contribution is 8.01. The lowest BCUT2D eigenvalue weighted by molar-refractivity contribution is 0.0410. The van der Waals surface area contributed by atoms with Crippen molar-refractivity contribution in [1.29, 1.82) is 0 Å². The fourth-order valence-electron chi connectivity index (χ4n) is 2.23. The average Bonchev–Trinajstić information content (AvgIpc) is 3.03. The molecule has 0 amide bonds. The lowest BCUT2D eigenvalue weighted by Gasteiger charge is -2.25. The molecule has 2 heterocycles. The molecule has 0 spiro atoms. The van der Waals surface area contributed by atoms with Gasteiger partial charge in [-0.15, -0.1) is 10.2 Å². The van der Waals surface area contributed by atoms with Gasteiger partial charge in [-0.05, 0) is 12.1 Å². The van der Waals surface area contributed by atoms with E-state index in [-0.39, 0.29) is 0 Å². The van der Waals surface area contributed by atoms with Crippen LogP contribution in [0.2, 0.25) is 0 Å². The lowest BCUT2D eigenvalue weighted by atomic mass is 10.3. The van der Waals surface area contributed by atoms with E-state index >= 15 is 0 Å². The van der Waals surface area contributed by atoms with Gasteiger partial charge in [0, 0.05) is 37.1 Å². The summed E-state index contributed by atoms with van der Waals surface area (Å²) >= 11 is 3.32. The van der Waals surface area contributed by atoms with E-state index in [2.05, 4.69) is 20.4 Å². The molecular formula is C15H20N4O2S2. The number of thioether (sulfide) groups is 1. The first-order valence-electron chi connectivity index (χ1n) is 7.51. The fraction of sp³-hybridized carbons (Fsp3) is 0.467. The van der Waals surface area contributed by atoms with Gasteiger partial charge in [-0.25, -0.2) is 0 Å². The van der Waals surface area contributed by atoms with Crippen LogP contribution in [-0.4, -0.2) is 60.8 Å². The third kappa shape index (κ3) is 5.07. The molecule has 0 radical (unpaired) electrons. The third-order valence-corrected chi connectivity index (χ3v) is 5.42. The summed E-state index contributed by atoms with van der Waals surface area (Å²) in [6.07, 6.45) is 0. The first-order valence-corrected chi connectivity index (χ1v) is 9.31. The Morgan fingerprint density at radius 1 is 1.35 bits per heavy atom. The molecule has 1 N–H and O–H groups in total. The van der Waals surface area contributed by atoms with Crippen molar-refractivity contribution < 1.29 is 9.47 Å². The van der Waals surface area contributed by atoms with Gasteiger partial charge < -0.3 is 14.8 Å². The van der Waals surface area contributed by atoms with Crippen molar-refractivity contribution in [2.75, 3.05) is 51.0 Å². The third-order valence-electron chi connectivity index (χ3n) is 3.46. The Balaban J connectivity index is 1.47. The number of rotatable bonds is 7. The molecule has 23 heavy (non-hydrogen) atoms. The van der Waals surface area contributed by atoms with E-state index < -0.39 is 0 Å². The Bertz CT molecular complexity index is 617. The molecule has 3 rings (SSSR count). The van der Waals surface area contributed by atoms with Crippen LogP contribution in [0.15, 0.2) is 28.6 Å². The molecule has 0 saturated carbocycles. The number of benzene rings is 1. The summed E-state index contributed by atoms with van der Waals surface area (Å²) < 4.78 is 11.6. The normalized spacial score (nSPS) is 15.5. The fourth-order valence-corrected chi connectivity index (χ4v) is 4.07. The second-order valence-corrected chi connectivity index (χ2v) is 7.35. The molecule has 1 fully saturated rings. The van der Waals surface area contributed by atoms with Crippen LogP contribution in [-0.2, 0) is 4.74 Å². The van der Waals surface area contributed by atoms with Gasteiger partial charge in [-0.3, -0.25) is 4.90 Å². The number of aromatic nitrogens is 2. The highest BCUT2D eigenvalue weighted by atomic mass is 32.2. The van der Waals surface area contributed by atoms with Crippen LogP contribution < -0.4 is 10.1 Å². The predicted molar refractivity (Wildman–Crippen MR) is 94.2 cm³/mol. The SMILES string of the molecule is COc1cccc(Nc2nnc(SCCN3CCOCC3)s2)c1. The number of ether oxygens (including phenoxy) is 2. The highest BCUT2D eigenvalue weighted by Gasteiger charge is 2.11. The zero-order chi connectivity index (χ0) is 15.9. The van der Waals surface area contributed by atoms with Crippen LogP contribution in [0.3, 0.4) is 0 Å². The summed E-state index contributed by atoms with van der Waals surface area (Å²) in [4.78, 5) is 2.42. The van der Waals surface area contributed by atoms with E-state index in [1.165, 1.54) is 0 Å². The van der Waals surface area contributed by atoms with E-state index in [0.29, 0.717) is 0 Å². The average molecular weight is 352 g/mol. The van der Waals surface area contributed by atoms with Crippen LogP contribution in [0.25, 0.3) is 0 Å². The minimum absolute atomic E-state index is 0.798. The van der Waals surface area contributed by atoms with Gasteiger partial charge in [0.1, 0.15) is 5.75 Å². The Labute approximate surface area is 144 Å². The van der Waals surface area contributed by atoms with Crippen molar-refractivity contribution in [2.24, 2.45) is 0 Å². The van der Waals surface area contributed by atoms with Crippen LogP contribution >= 0.6 is 23.1 Å². The Kier molecular flexibility index (Phi) is 6.09. The summed E-state index contributed by atoms with van der Waals surface area (Å²) in [5.74, 6) is 1.84. The maximum absolute atomic E-state index is 5.35. The van der Waals surface area contributed by atoms with Crippen LogP contribution in [0, 0.1) is 0 Å². The number of anilines is 2. The van der Waals surface area contributed by atoms with Gasteiger partial charge in [0.05, 0.1) is 20.3 Å². The number of morpholine rings is 1. The minimum atomic E-state index is 0.798.